The molecule has 0 aromatic heterocycles. The quantitative estimate of drug-likeness (QED) is 0.200. The number of rotatable bonds is 12. The Hall–Kier alpha value is -0.729. The van der Waals surface area contributed by atoms with Crippen molar-refractivity contribution in [2.75, 3.05) is 6.54 Å². The monoisotopic (exact) mass is 802 g/mol. The van der Waals surface area contributed by atoms with E-state index in [0.717, 1.165) is 64.7 Å². The first-order valence-corrected chi connectivity index (χ1v) is 29.8. The highest BCUT2D eigenvalue weighted by molar-refractivity contribution is 6.74. The Bertz CT molecular complexity index is 1290. The molecule has 0 aliphatic heterocycles. The summed E-state index contributed by atoms with van der Waals surface area (Å²) in [5.74, 6) is 0.400. The number of hydrogen-bond donors (Lipinski definition) is 1. The molecule has 3 aliphatic carbocycles. The van der Waals surface area contributed by atoms with E-state index >= 15 is 0 Å². The van der Waals surface area contributed by atoms with Gasteiger partial charge in [-0.15, -0.1) is 0 Å². The van der Waals surface area contributed by atoms with E-state index in [-0.39, 0.29) is 33.6 Å². The number of hydrogen-bond acceptors (Lipinski definition) is 4. The summed E-state index contributed by atoms with van der Waals surface area (Å²) in [6.45, 7) is 34.5. The van der Waals surface area contributed by atoms with Crippen molar-refractivity contribution in [1.29, 1.82) is 0 Å². The molecule has 0 spiro atoms. The van der Waals surface area contributed by atoms with E-state index in [1.165, 1.54) is 11.1 Å². The summed E-state index contributed by atoms with van der Waals surface area (Å²) in [6.07, 6.45) is 9.40. The zero-order valence-electron chi connectivity index (χ0n) is 36.6. The highest BCUT2D eigenvalue weighted by Crippen LogP contribution is 2.57. The third kappa shape index (κ3) is 11.9. The number of carbonyl (C=O) groups is 1. The second kappa shape index (κ2) is 16.6. The van der Waals surface area contributed by atoms with E-state index in [1.807, 2.05) is 0 Å². The highest BCUT2D eigenvalue weighted by Gasteiger charge is 2.55. The number of allylic oxidation sites excluding steroid dienone is 3. The molecule has 3 fully saturated rings. The molecule has 7 atom stereocenters. The molecule has 0 aromatic carbocycles. The molecule has 3 rings (SSSR count). The predicted octanol–water partition coefficient (Wildman–Crippen LogP) is 12.7. The van der Waals surface area contributed by atoms with Crippen LogP contribution in [-0.2, 0) is 18.1 Å². The fourth-order valence-electron chi connectivity index (χ4n) is 8.92. The Balaban J connectivity index is 1.80. The molecule has 0 radical (unpaired) electrons. The average Bonchev–Trinajstić information content (AvgIpc) is 2.95. The van der Waals surface area contributed by atoms with Gasteiger partial charge in [-0.3, -0.25) is 4.79 Å². The summed E-state index contributed by atoms with van der Waals surface area (Å²) < 4.78 is 62.0. The lowest BCUT2D eigenvalue weighted by Crippen LogP contribution is -2.53. The van der Waals surface area contributed by atoms with Crippen molar-refractivity contribution in [2.24, 2.45) is 23.2 Å². The zero-order valence-corrected chi connectivity index (χ0v) is 39.6. The van der Waals surface area contributed by atoms with Crippen molar-refractivity contribution in [3.05, 3.63) is 23.3 Å². The van der Waals surface area contributed by atoms with Crippen LogP contribution in [-0.4, -0.2) is 61.4 Å². The van der Waals surface area contributed by atoms with Gasteiger partial charge in [0, 0.05) is 6.54 Å². The molecule has 1 unspecified atom stereocenters. The van der Waals surface area contributed by atoms with Gasteiger partial charge in [0.1, 0.15) is 0 Å². The molecule has 1 amide bonds. The summed E-state index contributed by atoms with van der Waals surface area (Å²) in [5, 5.41) is 3.18. The SMILES string of the molecule is CC(CNC(=O)C[C@@](C)(O[Si](C)(C)C)C(F)(F)F)[C@H]1CCC[C@H]2/C(=C/C=C3C[C@@H](O[Si](C)(C)C(C)(C)C)C[C@H](O[Si](C)(C)C(C)(C)C)C3)CCC[C@@]12C. The lowest BCUT2D eigenvalue weighted by atomic mass is 9.52. The minimum atomic E-state index is -4.63. The molecule has 0 bridgehead atoms. The normalized spacial score (nSPS) is 29.3. The Morgan fingerprint density at radius 2 is 1.40 bits per heavy atom. The standard InChI is InChI=1S/C42H78F3NO4Si3/c1-30(29-46-37(47)28-41(9,42(43,44)45)50-51(10,11)12)35-20-17-21-36-32(19-18-24-40(35,36)8)23-22-31-25-33(48-52(13,14)38(2,3)4)27-34(26-31)49-53(15,16)39(5,6)7/h22-23,30,33-36H,17-21,24-29H2,1-16H3,(H,46,47)/b32-23+/t30?,33-,34-,35-,36+,40+,41-/m1/s1. The molecular weight excluding hydrogens is 724 g/mol. The van der Waals surface area contributed by atoms with Crippen molar-refractivity contribution in [1.82, 2.24) is 5.32 Å². The third-order valence-electron chi connectivity index (χ3n) is 13.8. The molecular formula is C42H78F3NO4Si3. The zero-order chi connectivity index (χ0) is 40.6. The van der Waals surface area contributed by atoms with E-state index in [4.69, 9.17) is 13.3 Å². The molecule has 1 N–H and O–H groups in total. The minimum Gasteiger partial charge on any atom is -0.414 e. The fourth-order valence-corrected chi connectivity index (χ4v) is 13.2. The van der Waals surface area contributed by atoms with Crippen LogP contribution in [0.25, 0.3) is 0 Å². The first-order chi connectivity index (χ1) is 23.8. The summed E-state index contributed by atoms with van der Waals surface area (Å²) in [4.78, 5) is 13.0. The van der Waals surface area contributed by atoms with Gasteiger partial charge in [0.05, 0.1) is 18.6 Å². The molecule has 0 saturated heterocycles. The summed E-state index contributed by atoms with van der Waals surface area (Å²) in [7, 11) is -6.49. The Morgan fingerprint density at radius 1 is 0.868 bits per heavy atom. The van der Waals surface area contributed by atoms with E-state index in [0.29, 0.717) is 18.4 Å². The summed E-state index contributed by atoms with van der Waals surface area (Å²) >= 11 is 0. The first-order valence-electron chi connectivity index (χ1n) is 20.6. The second-order valence-corrected chi connectivity index (χ2v) is 35.5. The third-order valence-corrected chi connectivity index (χ3v) is 23.9. The fraction of sp³-hybridized carbons (Fsp3) is 0.881. The summed E-state index contributed by atoms with van der Waals surface area (Å²) in [5.41, 5.74) is 0.555. The largest absolute Gasteiger partial charge is 0.416 e. The molecule has 3 aliphatic rings. The molecule has 0 aromatic rings. The van der Waals surface area contributed by atoms with Crippen LogP contribution in [0.2, 0.25) is 55.9 Å². The van der Waals surface area contributed by atoms with Gasteiger partial charge >= 0.3 is 6.18 Å². The van der Waals surface area contributed by atoms with E-state index in [9.17, 15) is 18.0 Å². The average molecular weight is 802 g/mol. The maximum atomic E-state index is 14.1. The predicted molar refractivity (Wildman–Crippen MR) is 223 cm³/mol. The molecule has 53 heavy (non-hydrogen) atoms. The number of nitrogens with one attached hydrogen (secondary N) is 1. The van der Waals surface area contributed by atoms with Crippen LogP contribution >= 0.6 is 0 Å². The molecule has 0 heterocycles. The Kier molecular flexibility index (Phi) is 14.6. The van der Waals surface area contributed by atoms with Crippen LogP contribution in [0.15, 0.2) is 23.3 Å². The summed E-state index contributed by atoms with van der Waals surface area (Å²) in [6, 6.07) is 0. The van der Waals surface area contributed by atoms with E-state index < -0.39 is 49.1 Å². The van der Waals surface area contributed by atoms with E-state index in [1.54, 1.807) is 19.6 Å². The Morgan fingerprint density at radius 3 is 1.87 bits per heavy atom. The van der Waals surface area contributed by atoms with Gasteiger partial charge in [0.2, 0.25) is 5.91 Å². The topological polar surface area (TPSA) is 56.8 Å². The Labute approximate surface area is 325 Å². The first kappa shape index (κ1) is 46.7. The number of alkyl halides is 3. The van der Waals surface area contributed by atoms with Gasteiger partial charge in [0.15, 0.2) is 30.6 Å². The lowest BCUT2D eigenvalue weighted by Gasteiger charge is -2.53. The van der Waals surface area contributed by atoms with Crippen molar-refractivity contribution in [3.63, 3.8) is 0 Å². The minimum absolute atomic E-state index is 0.0843. The smallest absolute Gasteiger partial charge is 0.414 e. The van der Waals surface area contributed by atoms with Crippen LogP contribution < -0.4 is 5.32 Å². The van der Waals surface area contributed by atoms with Gasteiger partial charge in [-0.05, 0) is 137 Å². The van der Waals surface area contributed by atoms with Crippen LogP contribution in [0.5, 0.6) is 0 Å². The van der Waals surface area contributed by atoms with Crippen molar-refractivity contribution in [3.8, 4) is 0 Å². The van der Waals surface area contributed by atoms with Crippen molar-refractivity contribution in [2.45, 2.75) is 206 Å². The number of halogens is 3. The van der Waals surface area contributed by atoms with E-state index in [2.05, 4.69) is 99.0 Å². The number of amides is 1. The second-order valence-electron chi connectivity index (χ2n) is 21.6. The maximum Gasteiger partial charge on any atom is 0.416 e. The van der Waals surface area contributed by atoms with Gasteiger partial charge in [-0.1, -0.05) is 85.1 Å². The van der Waals surface area contributed by atoms with Gasteiger partial charge in [-0.25, -0.2) is 0 Å². The molecule has 3 saturated carbocycles. The molecule has 11 heteroatoms. The number of fused-ring (bicyclic) bond motifs is 1. The molecule has 5 nitrogen and oxygen atoms in total. The maximum absolute atomic E-state index is 14.1. The van der Waals surface area contributed by atoms with Gasteiger partial charge in [-0.2, -0.15) is 13.2 Å². The van der Waals surface area contributed by atoms with Crippen LogP contribution in [0.1, 0.15) is 127 Å². The van der Waals surface area contributed by atoms with Gasteiger partial charge < -0.3 is 18.6 Å². The van der Waals surface area contributed by atoms with Crippen LogP contribution in [0, 0.1) is 23.2 Å². The van der Waals surface area contributed by atoms with Crippen molar-refractivity contribution < 1.29 is 31.2 Å². The number of carbonyl (C=O) groups excluding carboxylic acids is 1. The van der Waals surface area contributed by atoms with Crippen LogP contribution in [0.3, 0.4) is 0 Å². The molecule has 308 valence electrons. The van der Waals surface area contributed by atoms with Crippen LogP contribution in [0.4, 0.5) is 13.2 Å². The highest BCUT2D eigenvalue weighted by atomic mass is 28.4. The lowest BCUT2D eigenvalue weighted by molar-refractivity contribution is -0.246. The van der Waals surface area contributed by atoms with Crippen molar-refractivity contribution >= 4 is 30.9 Å². The van der Waals surface area contributed by atoms with Gasteiger partial charge in [0.25, 0.3) is 0 Å².